The number of esters is 1. The van der Waals surface area contributed by atoms with E-state index in [4.69, 9.17) is 14.2 Å². The zero-order valence-electron chi connectivity index (χ0n) is 15.0. The summed E-state index contributed by atoms with van der Waals surface area (Å²) in [7, 11) is 0. The molecule has 134 valence electrons. The first-order valence-electron chi connectivity index (χ1n) is 8.26. The molecule has 0 unspecified atom stereocenters. The summed E-state index contributed by atoms with van der Waals surface area (Å²) in [6.45, 7) is 12.5. The number of hydrogen-bond acceptors (Lipinski definition) is 4. The van der Waals surface area contributed by atoms with E-state index < -0.39 is 5.60 Å². The summed E-state index contributed by atoms with van der Waals surface area (Å²) in [5.74, 6) is 1.23. The number of halogens is 1. The highest BCUT2D eigenvalue weighted by atomic mass is 127. The van der Waals surface area contributed by atoms with Crippen LogP contribution in [0, 0.1) is 3.57 Å². The van der Waals surface area contributed by atoms with E-state index in [1.807, 2.05) is 39.8 Å². The molecule has 0 aromatic heterocycles. The molecule has 1 rings (SSSR count). The lowest BCUT2D eigenvalue weighted by molar-refractivity contribution is -0.156. The SMILES string of the molecule is C=Cc1cc(I)c(OCCCC(=O)OC(C)(C)CC)c(OCC)c1. The molecule has 0 N–H and O–H groups in total. The van der Waals surface area contributed by atoms with Crippen LogP contribution in [-0.2, 0) is 9.53 Å². The monoisotopic (exact) mass is 446 g/mol. The van der Waals surface area contributed by atoms with Crippen molar-refractivity contribution in [1.29, 1.82) is 0 Å². The molecule has 0 atom stereocenters. The van der Waals surface area contributed by atoms with E-state index in [-0.39, 0.29) is 5.97 Å². The zero-order valence-corrected chi connectivity index (χ0v) is 17.1. The first kappa shape index (κ1) is 20.8. The number of ether oxygens (including phenoxy) is 3. The summed E-state index contributed by atoms with van der Waals surface area (Å²) in [6, 6.07) is 3.90. The predicted molar refractivity (Wildman–Crippen MR) is 106 cm³/mol. The van der Waals surface area contributed by atoms with Gasteiger partial charge in [0.15, 0.2) is 11.5 Å². The Hall–Kier alpha value is -1.24. The molecule has 0 aliphatic carbocycles. The van der Waals surface area contributed by atoms with Crippen molar-refractivity contribution in [2.45, 2.75) is 52.6 Å². The average Bonchev–Trinajstić information content (AvgIpc) is 2.52. The molecule has 0 saturated carbocycles. The van der Waals surface area contributed by atoms with Crippen LogP contribution in [0.15, 0.2) is 18.7 Å². The molecule has 24 heavy (non-hydrogen) atoms. The quantitative estimate of drug-likeness (QED) is 0.281. The Morgan fingerprint density at radius 1 is 1.29 bits per heavy atom. The molecule has 1 aromatic rings. The Labute approximate surface area is 158 Å². The fraction of sp³-hybridized carbons (Fsp3) is 0.526. The van der Waals surface area contributed by atoms with E-state index in [0.717, 1.165) is 15.6 Å². The van der Waals surface area contributed by atoms with Gasteiger partial charge in [0.2, 0.25) is 0 Å². The zero-order chi connectivity index (χ0) is 18.2. The topological polar surface area (TPSA) is 44.8 Å². The van der Waals surface area contributed by atoms with E-state index in [1.54, 1.807) is 6.08 Å². The first-order chi connectivity index (χ1) is 11.3. The minimum Gasteiger partial charge on any atom is -0.490 e. The molecular formula is C19H27IO4. The number of hydrogen-bond donors (Lipinski definition) is 0. The summed E-state index contributed by atoms with van der Waals surface area (Å²) in [6.07, 6.45) is 3.51. The van der Waals surface area contributed by atoms with Crippen LogP contribution in [0.1, 0.15) is 52.5 Å². The highest BCUT2D eigenvalue weighted by Crippen LogP contribution is 2.34. The van der Waals surface area contributed by atoms with Gasteiger partial charge < -0.3 is 14.2 Å². The van der Waals surface area contributed by atoms with Crippen molar-refractivity contribution in [1.82, 2.24) is 0 Å². The number of carbonyl (C=O) groups excluding carboxylic acids is 1. The van der Waals surface area contributed by atoms with Gasteiger partial charge in [0.25, 0.3) is 0 Å². The lowest BCUT2D eigenvalue weighted by atomic mass is 10.1. The van der Waals surface area contributed by atoms with Crippen LogP contribution in [0.25, 0.3) is 6.08 Å². The van der Waals surface area contributed by atoms with Crippen LogP contribution in [0.2, 0.25) is 0 Å². The van der Waals surface area contributed by atoms with E-state index in [9.17, 15) is 4.79 Å². The Balaban J connectivity index is 2.58. The van der Waals surface area contributed by atoms with E-state index in [1.165, 1.54) is 0 Å². The molecule has 4 nitrogen and oxygen atoms in total. The van der Waals surface area contributed by atoms with Crippen LogP contribution in [0.5, 0.6) is 11.5 Å². The van der Waals surface area contributed by atoms with Crippen molar-refractivity contribution in [3.63, 3.8) is 0 Å². The smallest absolute Gasteiger partial charge is 0.306 e. The molecule has 0 radical (unpaired) electrons. The third-order valence-electron chi connectivity index (χ3n) is 3.58. The summed E-state index contributed by atoms with van der Waals surface area (Å²) in [5, 5.41) is 0. The largest absolute Gasteiger partial charge is 0.490 e. The maximum Gasteiger partial charge on any atom is 0.306 e. The predicted octanol–water partition coefficient (Wildman–Crippen LogP) is 5.22. The molecule has 0 amide bonds. The Kier molecular flexibility index (Phi) is 8.59. The summed E-state index contributed by atoms with van der Waals surface area (Å²) >= 11 is 2.22. The second-order valence-corrected chi connectivity index (χ2v) is 7.17. The van der Waals surface area contributed by atoms with Crippen LogP contribution in [0.4, 0.5) is 0 Å². The Morgan fingerprint density at radius 3 is 2.58 bits per heavy atom. The van der Waals surface area contributed by atoms with Crippen molar-refractivity contribution >= 4 is 34.6 Å². The molecule has 1 aromatic carbocycles. The highest BCUT2D eigenvalue weighted by molar-refractivity contribution is 14.1. The molecule has 5 heteroatoms. The number of rotatable bonds is 10. The van der Waals surface area contributed by atoms with Crippen molar-refractivity contribution in [3.05, 3.63) is 27.8 Å². The Bertz CT molecular complexity index is 567. The van der Waals surface area contributed by atoms with Crippen LogP contribution in [-0.4, -0.2) is 24.8 Å². The summed E-state index contributed by atoms with van der Waals surface area (Å²) in [4.78, 5) is 11.8. The second kappa shape index (κ2) is 9.91. The van der Waals surface area contributed by atoms with Gasteiger partial charge in [-0.05, 0) is 73.9 Å². The van der Waals surface area contributed by atoms with Gasteiger partial charge >= 0.3 is 5.97 Å². The number of benzene rings is 1. The van der Waals surface area contributed by atoms with Gasteiger partial charge in [0.05, 0.1) is 16.8 Å². The molecule has 0 saturated heterocycles. The highest BCUT2D eigenvalue weighted by Gasteiger charge is 2.20. The van der Waals surface area contributed by atoms with Gasteiger partial charge in [-0.15, -0.1) is 0 Å². The molecule has 0 aliphatic rings. The third kappa shape index (κ3) is 6.71. The fourth-order valence-corrected chi connectivity index (χ4v) is 2.71. The van der Waals surface area contributed by atoms with E-state index in [2.05, 4.69) is 29.2 Å². The maximum absolute atomic E-state index is 11.8. The molecule has 0 aliphatic heterocycles. The average molecular weight is 446 g/mol. The van der Waals surface area contributed by atoms with Crippen molar-refractivity contribution in [2.75, 3.05) is 13.2 Å². The fourth-order valence-electron chi connectivity index (χ4n) is 1.93. The number of carbonyl (C=O) groups is 1. The third-order valence-corrected chi connectivity index (χ3v) is 4.38. The van der Waals surface area contributed by atoms with Gasteiger partial charge in [-0.25, -0.2) is 0 Å². The molecule has 0 fully saturated rings. The Morgan fingerprint density at radius 2 is 2.00 bits per heavy atom. The normalized spacial score (nSPS) is 11.0. The standard InChI is InChI=1S/C19H27IO4/c1-6-14-12-15(20)18(16(13-14)22-8-3)23-11-9-10-17(21)24-19(4,5)7-2/h6,12-13H,1,7-11H2,2-5H3. The van der Waals surface area contributed by atoms with E-state index >= 15 is 0 Å². The van der Waals surface area contributed by atoms with E-state index in [0.29, 0.717) is 37.6 Å². The van der Waals surface area contributed by atoms with Gasteiger partial charge in [-0.1, -0.05) is 19.6 Å². The minimum absolute atomic E-state index is 0.188. The van der Waals surface area contributed by atoms with Crippen LogP contribution < -0.4 is 9.47 Å². The van der Waals surface area contributed by atoms with Gasteiger partial charge in [0, 0.05) is 6.42 Å². The molecular weight excluding hydrogens is 419 g/mol. The maximum atomic E-state index is 11.8. The lowest BCUT2D eigenvalue weighted by Gasteiger charge is -2.23. The lowest BCUT2D eigenvalue weighted by Crippen LogP contribution is -2.27. The molecule has 0 bridgehead atoms. The van der Waals surface area contributed by atoms with Crippen molar-refractivity contribution < 1.29 is 19.0 Å². The molecule has 0 heterocycles. The minimum atomic E-state index is -0.407. The van der Waals surface area contributed by atoms with Gasteiger partial charge in [-0.2, -0.15) is 0 Å². The summed E-state index contributed by atoms with van der Waals surface area (Å²) in [5.41, 5.74) is 0.580. The van der Waals surface area contributed by atoms with Crippen molar-refractivity contribution in [2.24, 2.45) is 0 Å². The van der Waals surface area contributed by atoms with Gasteiger partial charge in [0.1, 0.15) is 5.60 Å². The van der Waals surface area contributed by atoms with Crippen LogP contribution >= 0.6 is 22.6 Å². The molecule has 0 spiro atoms. The van der Waals surface area contributed by atoms with Crippen molar-refractivity contribution in [3.8, 4) is 11.5 Å². The summed E-state index contributed by atoms with van der Waals surface area (Å²) < 4.78 is 17.9. The van der Waals surface area contributed by atoms with Gasteiger partial charge in [-0.3, -0.25) is 4.79 Å². The first-order valence-corrected chi connectivity index (χ1v) is 9.34. The second-order valence-electron chi connectivity index (χ2n) is 6.01. The van der Waals surface area contributed by atoms with Crippen LogP contribution in [0.3, 0.4) is 0 Å².